The van der Waals surface area contributed by atoms with Gasteiger partial charge in [0.25, 0.3) is 0 Å². The molecule has 0 aliphatic rings. The molecule has 0 bridgehead atoms. The molecule has 3 aromatic rings. The molecule has 0 aliphatic heterocycles. The zero-order chi connectivity index (χ0) is 24.4. The fourth-order valence-electron chi connectivity index (χ4n) is 3.11. The standard InChI is InChI=1S/C21H19F3N6O3/c1-11-6-13(8-14(7-11)29-19-27-5-4-16(30-19)21(22,23)24)12-2-3-15(28-10-12)20(26,18(32)33)9-17(25)31/h2-8,10H,9,26H2,1H3,(H2,25,31)(H,32,33)(H,27,29,30)/t20-/m1/s1. The number of carboxylic acids is 1. The number of nitrogens with one attached hydrogen (secondary N) is 1. The number of pyridine rings is 1. The molecule has 33 heavy (non-hydrogen) atoms. The summed E-state index contributed by atoms with van der Waals surface area (Å²) in [7, 11) is 0. The van der Waals surface area contributed by atoms with Gasteiger partial charge in [-0.25, -0.2) is 14.8 Å². The molecule has 0 saturated heterocycles. The number of aromatic nitrogens is 3. The fraction of sp³-hybridized carbons (Fsp3) is 0.190. The number of aryl methyl sites for hydroxylation is 1. The van der Waals surface area contributed by atoms with Crippen molar-refractivity contribution in [3.63, 3.8) is 0 Å². The molecule has 0 aliphatic carbocycles. The molecule has 6 N–H and O–H groups in total. The topological polar surface area (TPSA) is 157 Å². The number of primary amides is 1. The van der Waals surface area contributed by atoms with Crippen molar-refractivity contribution < 1.29 is 27.9 Å². The van der Waals surface area contributed by atoms with E-state index >= 15 is 0 Å². The van der Waals surface area contributed by atoms with Crippen molar-refractivity contribution in [2.75, 3.05) is 5.32 Å². The van der Waals surface area contributed by atoms with E-state index in [1.54, 1.807) is 31.2 Å². The maximum absolute atomic E-state index is 12.9. The van der Waals surface area contributed by atoms with Crippen molar-refractivity contribution in [1.82, 2.24) is 15.0 Å². The number of alkyl halides is 3. The van der Waals surface area contributed by atoms with Crippen molar-refractivity contribution in [1.29, 1.82) is 0 Å². The van der Waals surface area contributed by atoms with Crippen molar-refractivity contribution in [3.8, 4) is 11.1 Å². The third-order valence-electron chi connectivity index (χ3n) is 4.67. The van der Waals surface area contributed by atoms with Gasteiger partial charge >= 0.3 is 12.1 Å². The van der Waals surface area contributed by atoms with Crippen LogP contribution in [0.2, 0.25) is 0 Å². The second-order valence-corrected chi connectivity index (χ2v) is 7.33. The molecule has 0 unspecified atom stereocenters. The summed E-state index contributed by atoms with van der Waals surface area (Å²) in [6, 6.07) is 8.84. The van der Waals surface area contributed by atoms with E-state index in [1.165, 1.54) is 12.3 Å². The molecule has 9 nitrogen and oxygen atoms in total. The van der Waals surface area contributed by atoms with Crippen LogP contribution < -0.4 is 16.8 Å². The number of nitrogens with two attached hydrogens (primary N) is 2. The van der Waals surface area contributed by atoms with Crippen LogP contribution in [0.4, 0.5) is 24.8 Å². The van der Waals surface area contributed by atoms with E-state index in [2.05, 4.69) is 20.3 Å². The highest BCUT2D eigenvalue weighted by molar-refractivity contribution is 5.87. The number of halogens is 3. The zero-order valence-corrected chi connectivity index (χ0v) is 17.2. The first-order chi connectivity index (χ1) is 15.4. The summed E-state index contributed by atoms with van der Waals surface area (Å²) in [5.74, 6) is -2.57. The highest BCUT2D eigenvalue weighted by Crippen LogP contribution is 2.30. The highest BCUT2D eigenvalue weighted by atomic mass is 19.4. The van der Waals surface area contributed by atoms with Crippen LogP contribution in [0.1, 0.15) is 23.4 Å². The van der Waals surface area contributed by atoms with Crippen LogP contribution in [0.15, 0.2) is 48.8 Å². The van der Waals surface area contributed by atoms with Gasteiger partial charge in [-0.05, 0) is 42.3 Å². The Hall–Kier alpha value is -4.06. The molecular formula is C21H19F3N6O3. The van der Waals surface area contributed by atoms with Gasteiger partial charge in [-0.15, -0.1) is 0 Å². The van der Waals surface area contributed by atoms with Crippen LogP contribution in [0.5, 0.6) is 0 Å². The molecule has 1 amide bonds. The van der Waals surface area contributed by atoms with Gasteiger partial charge in [-0.1, -0.05) is 12.1 Å². The minimum absolute atomic E-state index is 0.0547. The number of anilines is 2. The van der Waals surface area contributed by atoms with Crippen molar-refractivity contribution in [2.24, 2.45) is 11.5 Å². The van der Waals surface area contributed by atoms with E-state index < -0.39 is 35.7 Å². The first-order valence-corrected chi connectivity index (χ1v) is 9.45. The Bertz CT molecular complexity index is 1200. The van der Waals surface area contributed by atoms with Gasteiger partial charge in [0.05, 0.1) is 12.1 Å². The zero-order valence-electron chi connectivity index (χ0n) is 17.2. The van der Waals surface area contributed by atoms with Crippen LogP contribution in [0.25, 0.3) is 11.1 Å². The third-order valence-corrected chi connectivity index (χ3v) is 4.67. The number of hydrogen-bond acceptors (Lipinski definition) is 7. The Labute approximate surface area is 185 Å². The number of amides is 1. The molecule has 172 valence electrons. The quantitative estimate of drug-likeness (QED) is 0.419. The van der Waals surface area contributed by atoms with E-state index in [1.807, 2.05) is 0 Å². The summed E-state index contributed by atoms with van der Waals surface area (Å²) in [6.45, 7) is 1.78. The fourth-order valence-corrected chi connectivity index (χ4v) is 3.11. The number of carbonyl (C=O) groups is 2. The van der Waals surface area contributed by atoms with Gasteiger partial charge in [-0.3, -0.25) is 9.78 Å². The first kappa shape index (κ1) is 23.6. The van der Waals surface area contributed by atoms with Crippen LogP contribution in [-0.2, 0) is 21.3 Å². The van der Waals surface area contributed by atoms with Crippen LogP contribution in [-0.4, -0.2) is 31.9 Å². The lowest BCUT2D eigenvalue weighted by Gasteiger charge is -2.22. The second kappa shape index (κ2) is 8.82. The van der Waals surface area contributed by atoms with Gasteiger partial charge in [0.15, 0.2) is 5.54 Å². The summed E-state index contributed by atoms with van der Waals surface area (Å²) in [6.07, 6.45) is -2.86. The van der Waals surface area contributed by atoms with Crippen molar-refractivity contribution in [3.05, 3.63) is 65.7 Å². The van der Waals surface area contributed by atoms with E-state index in [4.69, 9.17) is 11.5 Å². The lowest BCUT2D eigenvalue weighted by atomic mass is 9.91. The minimum Gasteiger partial charge on any atom is -0.480 e. The Morgan fingerprint density at radius 3 is 2.36 bits per heavy atom. The van der Waals surface area contributed by atoms with E-state index in [0.29, 0.717) is 16.8 Å². The number of benzene rings is 1. The average Bonchev–Trinajstić information content (AvgIpc) is 2.72. The Kier molecular flexibility index (Phi) is 6.31. The molecule has 0 fully saturated rings. The number of rotatable bonds is 7. The lowest BCUT2D eigenvalue weighted by Crippen LogP contribution is -2.48. The summed E-state index contributed by atoms with van der Waals surface area (Å²) in [5.41, 5.74) is 10.2. The number of aliphatic carboxylic acids is 1. The lowest BCUT2D eigenvalue weighted by molar-refractivity contribution is -0.146. The first-order valence-electron chi connectivity index (χ1n) is 9.45. The Morgan fingerprint density at radius 1 is 1.06 bits per heavy atom. The summed E-state index contributed by atoms with van der Waals surface area (Å²) in [4.78, 5) is 34.3. The summed E-state index contributed by atoms with van der Waals surface area (Å²) in [5, 5.41) is 12.2. The second-order valence-electron chi connectivity index (χ2n) is 7.33. The van der Waals surface area contributed by atoms with E-state index in [-0.39, 0.29) is 11.6 Å². The summed E-state index contributed by atoms with van der Waals surface area (Å²) >= 11 is 0. The monoisotopic (exact) mass is 460 g/mol. The van der Waals surface area contributed by atoms with Gasteiger partial charge in [-0.2, -0.15) is 13.2 Å². The van der Waals surface area contributed by atoms with E-state index in [9.17, 15) is 27.9 Å². The predicted octanol–water partition coefficient (Wildman–Crippen LogP) is 2.72. The highest BCUT2D eigenvalue weighted by Gasteiger charge is 2.39. The molecule has 0 radical (unpaired) electrons. The van der Waals surface area contributed by atoms with Gasteiger partial charge in [0, 0.05) is 23.6 Å². The van der Waals surface area contributed by atoms with Crippen LogP contribution in [0.3, 0.4) is 0 Å². The number of nitrogens with zero attached hydrogens (tertiary/aromatic N) is 3. The Balaban J connectivity index is 1.91. The molecule has 0 spiro atoms. The molecule has 3 rings (SSSR count). The van der Waals surface area contributed by atoms with Gasteiger partial charge in [0.1, 0.15) is 5.69 Å². The largest absolute Gasteiger partial charge is 0.480 e. The predicted molar refractivity (Wildman–Crippen MR) is 112 cm³/mol. The van der Waals surface area contributed by atoms with E-state index in [0.717, 1.165) is 17.8 Å². The van der Waals surface area contributed by atoms with Gasteiger partial charge < -0.3 is 21.9 Å². The molecule has 1 aromatic carbocycles. The maximum Gasteiger partial charge on any atom is 0.433 e. The SMILES string of the molecule is Cc1cc(Nc2nccc(C(F)(F)F)n2)cc(-c2ccc([C@](N)(CC(N)=O)C(=O)O)nc2)c1. The number of carboxylic acid groups (broad SMARTS) is 1. The molecule has 1 atom stereocenters. The third kappa shape index (κ3) is 5.41. The normalized spacial score (nSPS) is 13.2. The molecule has 2 heterocycles. The maximum atomic E-state index is 12.9. The smallest absolute Gasteiger partial charge is 0.433 e. The molecule has 2 aromatic heterocycles. The minimum atomic E-state index is -4.60. The van der Waals surface area contributed by atoms with Crippen LogP contribution >= 0.6 is 0 Å². The van der Waals surface area contributed by atoms with Crippen molar-refractivity contribution >= 4 is 23.5 Å². The van der Waals surface area contributed by atoms with Crippen LogP contribution in [0, 0.1) is 6.92 Å². The molecular weight excluding hydrogens is 441 g/mol. The number of hydrogen-bond donors (Lipinski definition) is 4. The Morgan fingerprint density at radius 2 is 1.79 bits per heavy atom. The molecule has 0 saturated carbocycles. The number of carbonyl (C=O) groups excluding carboxylic acids is 1. The molecule has 12 heteroatoms. The van der Waals surface area contributed by atoms with Crippen molar-refractivity contribution in [2.45, 2.75) is 25.1 Å². The van der Waals surface area contributed by atoms with Gasteiger partial charge in [0.2, 0.25) is 11.9 Å². The summed E-state index contributed by atoms with van der Waals surface area (Å²) < 4.78 is 38.7. The average molecular weight is 460 g/mol.